The van der Waals surface area contributed by atoms with Gasteiger partial charge in [0.25, 0.3) is 5.91 Å². The average molecular weight is 377 g/mol. The van der Waals surface area contributed by atoms with Crippen molar-refractivity contribution in [3.05, 3.63) is 11.9 Å². The van der Waals surface area contributed by atoms with Crippen molar-refractivity contribution >= 4 is 5.91 Å². The van der Waals surface area contributed by atoms with Crippen molar-refractivity contribution in [2.24, 2.45) is 5.73 Å². The van der Waals surface area contributed by atoms with Gasteiger partial charge in [-0.05, 0) is 51.9 Å². The molecule has 3 fully saturated rings. The molecule has 0 bridgehead atoms. The fourth-order valence-corrected chi connectivity index (χ4v) is 4.84. The number of hydrogen-bond acceptors (Lipinski definition) is 6. The van der Waals surface area contributed by atoms with E-state index < -0.39 is 5.60 Å². The zero-order valence-electron chi connectivity index (χ0n) is 16.1. The quantitative estimate of drug-likeness (QED) is 0.803. The minimum atomic E-state index is -0.671. The number of aromatic nitrogens is 3. The molecular weight excluding hydrogens is 346 g/mol. The fraction of sp³-hybridized carbons (Fsp3) is 0.842. The van der Waals surface area contributed by atoms with Crippen LogP contribution in [0.2, 0.25) is 0 Å². The Kier molecular flexibility index (Phi) is 4.98. The monoisotopic (exact) mass is 377 g/mol. The van der Waals surface area contributed by atoms with Gasteiger partial charge < -0.3 is 20.5 Å². The van der Waals surface area contributed by atoms with E-state index in [0.717, 1.165) is 38.5 Å². The van der Waals surface area contributed by atoms with Crippen LogP contribution in [0.5, 0.6) is 0 Å². The Morgan fingerprint density at radius 1 is 1.26 bits per heavy atom. The third-order valence-electron chi connectivity index (χ3n) is 6.56. The summed E-state index contributed by atoms with van der Waals surface area (Å²) >= 11 is 0. The van der Waals surface area contributed by atoms with Crippen molar-refractivity contribution in [1.29, 1.82) is 0 Å². The Morgan fingerprint density at radius 2 is 1.96 bits per heavy atom. The van der Waals surface area contributed by atoms with Crippen LogP contribution in [0.1, 0.15) is 74.8 Å². The van der Waals surface area contributed by atoms with E-state index in [1.165, 1.54) is 0 Å². The zero-order valence-corrected chi connectivity index (χ0v) is 16.1. The highest BCUT2D eigenvalue weighted by atomic mass is 16.5. The molecule has 1 saturated carbocycles. The molecular formula is C19H31N5O3. The van der Waals surface area contributed by atoms with Crippen LogP contribution in [0.25, 0.3) is 0 Å². The number of likely N-dealkylation sites (tertiary alicyclic amines) is 1. The van der Waals surface area contributed by atoms with E-state index in [2.05, 4.69) is 10.3 Å². The Hall–Kier alpha value is -1.51. The van der Waals surface area contributed by atoms with E-state index in [4.69, 9.17) is 10.5 Å². The van der Waals surface area contributed by atoms with Gasteiger partial charge in [-0.15, -0.1) is 5.10 Å². The third kappa shape index (κ3) is 4.02. The second-order valence-corrected chi connectivity index (χ2v) is 8.90. The van der Waals surface area contributed by atoms with E-state index in [0.29, 0.717) is 44.3 Å². The molecule has 8 nitrogen and oxygen atoms in total. The lowest BCUT2D eigenvalue weighted by atomic mass is 9.78. The third-order valence-corrected chi connectivity index (χ3v) is 6.56. The Morgan fingerprint density at radius 3 is 2.63 bits per heavy atom. The molecule has 150 valence electrons. The normalized spacial score (nSPS) is 34.0. The van der Waals surface area contributed by atoms with Gasteiger partial charge in [0.1, 0.15) is 0 Å². The summed E-state index contributed by atoms with van der Waals surface area (Å²) in [6.07, 6.45) is 8.57. The van der Waals surface area contributed by atoms with Crippen molar-refractivity contribution in [3.63, 3.8) is 0 Å². The number of carbonyl (C=O) groups excluding carboxylic acids is 1. The van der Waals surface area contributed by atoms with E-state index in [9.17, 15) is 9.90 Å². The minimum Gasteiger partial charge on any atom is -0.390 e. The van der Waals surface area contributed by atoms with E-state index in [1.807, 2.05) is 16.5 Å². The van der Waals surface area contributed by atoms with E-state index >= 15 is 0 Å². The lowest BCUT2D eigenvalue weighted by Crippen LogP contribution is -2.54. The summed E-state index contributed by atoms with van der Waals surface area (Å²) in [5, 5.41) is 18.7. The molecule has 3 N–H and O–H groups in total. The fourth-order valence-electron chi connectivity index (χ4n) is 4.84. The predicted molar refractivity (Wildman–Crippen MR) is 99.2 cm³/mol. The average Bonchev–Trinajstić information content (AvgIpc) is 3.11. The minimum absolute atomic E-state index is 0.0637. The van der Waals surface area contributed by atoms with Crippen LogP contribution in [0.15, 0.2) is 6.20 Å². The molecule has 1 aromatic rings. The van der Waals surface area contributed by atoms with Gasteiger partial charge >= 0.3 is 0 Å². The van der Waals surface area contributed by atoms with Crippen LogP contribution in [-0.4, -0.2) is 67.8 Å². The summed E-state index contributed by atoms with van der Waals surface area (Å²) in [6.45, 7) is 3.71. The van der Waals surface area contributed by atoms with Gasteiger partial charge in [0, 0.05) is 25.6 Å². The van der Waals surface area contributed by atoms with Crippen LogP contribution in [-0.2, 0) is 4.74 Å². The maximum atomic E-state index is 12.8. The van der Waals surface area contributed by atoms with Crippen LogP contribution >= 0.6 is 0 Å². The molecule has 1 atom stereocenters. The Labute approximate surface area is 160 Å². The number of nitrogens with zero attached hydrogens (tertiary/aromatic N) is 4. The SMILES string of the molecule is CC1(O)CCOC2(CCN(C(=O)c3cn(C4CCC(N)CC4)nn3)CC2)C1. The van der Waals surface area contributed by atoms with Crippen molar-refractivity contribution in [2.45, 2.75) is 81.6 Å². The first-order valence-electron chi connectivity index (χ1n) is 10.2. The first-order chi connectivity index (χ1) is 12.9. The largest absolute Gasteiger partial charge is 0.390 e. The molecule has 27 heavy (non-hydrogen) atoms. The number of piperidine rings is 1. The van der Waals surface area contributed by atoms with Crippen molar-refractivity contribution in [1.82, 2.24) is 19.9 Å². The van der Waals surface area contributed by atoms with Gasteiger partial charge in [-0.1, -0.05) is 5.21 Å². The molecule has 0 radical (unpaired) electrons. The summed E-state index contributed by atoms with van der Waals surface area (Å²) < 4.78 is 7.87. The number of amides is 1. The first-order valence-corrected chi connectivity index (χ1v) is 10.2. The number of nitrogens with two attached hydrogens (primary N) is 1. The molecule has 3 aliphatic rings. The highest BCUT2D eigenvalue weighted by Crippen LogP contribution is 2.39. The molecule has 8 heteroatoms. The smallest absolute Gasteiger partial charge is 0.276 e. The molecule has 1 amide bonds. The van der Waals surface area contributed by atoms with E-state index in [1.54, 1.807) is 6.20 Å². The standard InChI is InChI=1S/C19H31N5O3/c1-18(26)8-11-27-19(13-18)6-9-23(10-7-19)17(25)16-12-24(22-21-16)15-4-2-14(20)3-5-15/h12,14-15,26H,2-11,13,20H2,1H3. The molecule has 4 rings (SSSR count). The topological polar surface area (TPSA) is 106 Å². The molecule has 2 saturated heterocycles. The number of ether oxygens (including phenoxy) is 1. The molecule has 1 unspecified atom stereocenters. The maximum Gasteiger partial charge on any atom is 0.276 e. The molecule has 1 spiro atoms. The van der Waals surface area contributed by atoms with Crippen LogP contribution in [0, 0.1) is 0 Å². The van der Waals surface area contributed by atoms with Crippen molar-refractivity contribution in [3.8, 4) is 0 Å². The molecule has 1 aromatic heterocycles. The molecule has 1 aliphatic carbocycles. The van der Waals surface area contributed by atoms with Crippen molar-refractivity contribution < 1.29 is 14.6 Å². The first kappa shape index (κ1) is 18.8. The zero-order chi connectivity index (χ0) is 19.1. The second-order valence-electron chi connectivity index (χ2n) is 8.90. The van der Waals surface area contributed by atoms with Crippen LogP contribution in [0.4, 0.5) is 0 Å². The summed E-state index contributed by atoms with van der Waals surface area (Å²) in [4.78, 5) is 14.7. The number of hydrogen-bond donors (Lipinski definition) is 2. The van der Waals surface area contributed by atoms with Crippen LogP contribution < -0.4 is 5.73 Å². The summed E-state index contributed by atoms with van der Waals surface area (Å²) in [6, 6.07) is 0.579. The molecule has 0 aromatic carbocycles. The lowest BCUT2D eigenvalue weighted by molar-refractivity contribution is -0.170. The van der Waals surface area contributed by atoms with Gasteiger partial charge in [-0.3, -0.25) is 4.79 Å². The highest BCUT2D eigenvalue weighted by molar-refractivity contribution is 5.92. The Bertz CT molecular complexity index is 673. The number of rotatable bonds is 2. The van der Waals surface area contributed by atoms with E-state index in [-0.39, 0.29) is 17.6 Å². The summed E-state index contributed by atoms with van der Waals surface area (Å²) in [7, 11) is 0. The highest BCUT2D eigenvalue weighted by Gasteiger charge is 2.45. The Balaban J connectivity index is 1.36. The van der Waals surface area contributed by atoms with Gasteiger partial charge in [0.2, 0.25) is 0 Å². The summed E-state index contributed by atoms with van der Waals surface area (Å²) in [5.41, 5.74) is 5.42. The van der Waals surface area contributed by atoms with Gasteiger partial charge in [-0.2, -0.15) is 0 Å². The van der Waals surface area contributed by atoms with Gasteiger partial charge in [0.05, 0.1) is 30.0 Å². The van der Waals surface area contributed by atoms with Crippen LogP contribution in [0.3, 0.4) is 0 Å². The number of carbonyl (C=O) groups is 1. The molecule has 2 aliphatic heterocycles. The molecule has 3 heterocycles. The van der Waals surface area contributed by atoms with Crippen molar-refractivity contribution in [2.75, 3.05) is 19.7 Å². The predicted octanol–water partition coefficient (Wildman–Crippen LogP) is 1.26. The maximum absolute atomic E-state index is 12.8. The van der Waals surface area contributed by atoms with Gasteiger partial charge in [-0.25, -0.2) is 4.68 Å². The van der Waals surface area contributed by atoms with Gasteiger partial charge in [0.15, 0.2) is 5.69 Å². The second kappa shape index (κ2) is 7.14. The number of aliphatic hydroxyl groups is 1. The lowest BCUT2D eigenvalue weighted by Gasteiger charge is -2.48. The summed E-state index contributed by atoms with van der Waals surface area (Å²) in [5.74, 6) is -0.0637.